The molecule has 1 aromatic rings. The SMILES string of the molecule is CC(C)(C)OC(=O)COC1(c2ccncc2Br)CC2CCCC(C1)N2. The van der Waals surface area contributed by atoms with Crippen LogP contribution in [0.15, 0.2) is 22.9 Å². The Morgan fingerprint density at radius 1 is 1.36 bits per heavy atom. The average molecular weight is 411 g/mol. The highest BCUT2D eigenvalue weighted by atomic mass is 79.9. The Morgan fingerprint density at radius 3 is 2.64 bits per heavy atom. The van der Waals surface area contributed by atoms with Crippen molar-refractivity contribution in [1.82, 2.24) is 10.3 Å². The molecule has 2 unspecified atom stereocenters. The number of esters is 1. The van der Waals surface area contributed by atoms with E-state index < -0.39 is 11.2 Å². The fourth-order valence-electron chi connectivity index (χ4n) is 4.04. The van der Waals surface area contributed by atoms with E-state index in [-0.39, 0.29) is 12.6 Å². The van der Waals surface area contributed by atoms with Crippen molar-refractivity contribution < 1.29 is 14.3 Å². The van der Waals surface area contributed by atoms with Crippen molar-refractivity contribution in [3.63, 3.8) is 0 Å². The quantitative estimate of drug-likeness (QED) is 0.766. The number of ether oxygens (including phenoxy) is 2. The van der Waals surface area contributed by atoms with Crippen LogP contribution in [0.3, 0.4) is 0 Å². The number of carbonyl (C=O) groups is 1. The number of hydrogen-bond acceptors (Lipinski definition) is 5. The van der Waals surface area contributed by atoms with Crippen LogP contribution in [-0.2, 0) is 19.9 Å². The van der Waals surface area contributed by atoms with Gasteiger partial charge in [0.15, 0.2) is 0 Å². The number of halogens is 1. The van der Waals surface area contributed by atoms with Crippen molar-refractivity contribution in [2.75, 3.05) is 6.61 Å². The van der Waals surface area contributed by atoms with E-state index in [9.17, 15) is 4.79 Å². The molecule has 2 saturated heterocycles. The lowest BCUT2D eigenvalue weighted by Gasteiger charge is -2.48. The molecule has 1 aromatic heterocycles. The number of aromatic nitrogens is 1. The molecule has 5 nitrogen and oxygen atoms in total. The molecule has 138 valence electrons. The summed E-state index contributed by atoms with van der Waals surface area (Å²) in [7, 11) is 0. The van der Waals surface area contributed by atoms with Crippen LogP contribution >= 0.6 is 15.9 Å². The number of pyridine rings is 1. The Bertz CT molecular complexity index is 617. The highest BCUT2D eigenvalue weighted by molar-refractivity contribution is 9.10. The largest absolute Gasteiger partial charge is 0.458 e. The Balaban J connectivity index is 1.83. The third kappa shape index (κ3) is 4.60. The summed E-state index contributed by atoms with van der Waals surface area (Å²) in [6.07, 6.45) is 8.85. The first-order valence-corrected chi connectivity index (χ1v) is 9.79. The molecule has 3 heterocycles. The number of carbonyl (C=O) groups excluding carboxylic acids is 1. The van der Waals surface area contributed by atoms with Gasteiger partial charge < -0.3 is 14.8 Å². The first kappa shape index (κ1) is 18.8. The summed E-state index contributed by atoms with van der Waals surface area (Å²) in [5.74, 6) is -0.319. The summed E-state index contributed by atoms with van der Waals surface area (Å²) in [6.45, 7) is 5.57. The van der Waals surface area contributed by atoms with E-state index >= 15 is 0 Å². The van der Waals surface area contributed by atoms with E-state index in [1.165, 1.54) is 6.42 Å². The monoisotopic (exact) mass is 410 g/mol. The molecule has 1 N–H and O–H groups in total. The van der Waals surface area contributed by atoms with Gasteiger partial charge in [0.05, 0.1) is 5.60 Å². The topological polar surface area (TPSA) is 60.5 Å². The maximum absolute atomic E-state index is 12.2. The zero-order valence-electron chi connectivity index (χ0n) is 15.2. The molecule has 25 heavy (non-hydrogen) atoms. The molecule has 0 aromatic carbocycles. The van der Waals surface area contributed by atoms with Gasteiger partial charge >= 0.3 is 5.97 Å². The smallest absolute Gasteiger partial charge is 0.332 e. The summed E-state index contributed by atoms with van der Waals surface area (Å²) in [5, 5.41) is 3.70. The molecule has 2 aliphatic rings. The summed E-state index contributed by atoms with van der Waals surface area (Å²) in [5.41, 5.74) is 0.0827. The minimum Gasteiger partial charge on any atom is -0.458 e. The zero-order valence-corrected chi connectivity index (χ0v) is 16.8. The van der Waals surface area contributed by atoms with E-state index in [4.69, 9.17) is 9.47 Å². The highest BCUT2D eigenvalue weighted by Gasteiger charge is 2.45. The minimum atomic E-state index is -0.504. The Kier molecular flexibility index (Phi) is 5.51. The number of fused-ring (bicyclic) bond motifs is 2. The standard InChI is InChI=1S/C19H27BrN2O3/c1-18(2,3)25-17(23)12-24-19(15-7-8-21-11-16(15)20)9-13-5-4-6-14(10-19)22-13/h7-8,11,13-14,22H,4-6,9-10,12H2,1-3H3. The predicted molar refractivity (Wildman–Crippen MR) is 99.2 cm³/mol. The lowest BCUT2D eigenvalue weighted by atomic mass is 9.74. The molecule has 2 fully saturated rings. The lowest BCUT2D eigenvalue weighted by Crippen LogP contribution is -2.55. The van der Waals surface area contributed by atoms with E-state index in [0.717, 1.165) is 35.7 Å². The maximum Gasteiger partial charge on any atom is 0.332 e. The number of hydrogen-bond donors (Lipinski definition) is 1. The molecule has 2 bridgehead atoms. The molecule has 3 rings (SSSR count). The maximum atomic E-state index is 12.2. The number of rotatable bonds is 4. The number of piperidine rings is 2. The first-order valence-electron chi connectivity index (χ1n) is 8.99. The summed E-state index contributed by atoms with van der Waals surface area (Å²) >= 11 is 3.62. The van der Waals surface area contributed by atoms with Crippen LogP contribution in [0.25, 0.3) is 0 Å². The first-order chi connectivity index (χ1) is 11.8. The van der Waals surface area contributed by atoms with Crippen LogP contribution in [0.4, 0.5) is 0 Å². The highest BCUT2D eigenvalue weighted by Crippen LogP contribution is 2.44. The van der Waals surface area contributed by atoms with Crippen molar-refractivity contribution in [2.45, 2.75) is 76.2 Å². The second kappa shape index (κ2) is 7.33. The fourth-order valence-corrected chi connectivity index (χ4v) is 4.65. The van der Waals surface area contributed by atoms with Crippen molar-refractivity contribution >= 4 is 21.9 Å². The third-order valence-corrected chi connectivity index (χ3v) is 5.51. The van der Waals surface area contributed by atoms with E-state index in [1.54, 1.807) is 12.4 Å². The van der Waals surface area contributed by atoms with E-state index in [2.05, 4.69) is 26.2 Å². The molecular formula is C19H27BrN2O3. The Hall–Kier alpha value is -0.980. The Morgan fingerprint density at radius 2 is 2.04 bits per heavy atom. The van der Waals surface area contributed by atoms with Crippen LogP contribution in [-0.4, -0.2) is 35.2 Å². The van der Waals surface area contributed by atoms with Crippen LogP contribution in [0, 0.1) is 0 Å². The van der Waals surface area contributed by atoms with Gasteiger partial charge in [-0.15, -0.1) is 0 Å². The van der Waals surface area contributed by atoms with E-state index in [1.807, 2.05) is 26.8 Å². The fraction of sp³-hybridized carbons (Fsp3) is 0.684. The molecular weight excluding hydrogens is 384 g/mol. The van der Waals surface area contributed by atoms with Gasteiger partial charge in [0.2, 0.25) is 0 Å². The zero-order chi connectivity index (χ0) is 18.1. The van der Waals surface area contributed by atoms with Crippen molar-refractivity contribution in [1.29, 1.82) is 0 Å². The second-order valence-electron chi connectivity index (χ2n) is 8.12. The molecule has 0 spiro atoms. The van der Waals surface area contributed by atoms with Crippen LogP contribution in [0.5, 0.6) is 0 Å². The molecule has 0 amide bonds. The third-order valence-electron chi connectivity index (χ3n) is 4.88. The van der Waals surface area contributed by atoms with Gasteiger partial charge in [-0.05, 0) is 68.5 Å². The Labute approximate surface area is 158 Å². The van der Waals surface area contributed by atoms with Crippen molar-refractivity contribution in [2.24, 2.45) is 0 Å². The summed E-state index contributed by atoms with van der Waals surface area (Å²) in [4.78, 5) is 16.4. The van der Waals surface area contributed by atoms with Crippen LogP contribution in [0.1, 0.15) is 58.4 Å². The van der Waals surface area contributed by atoms with Crippen molar-refractivity contribution in [3.05, 3.63) is 28.5 Å². The normalized spacial score (nSPS) is 29.3. The van der Waals surface area contributed by atoms with Gasteiger partial charge in [-0.2, -0.15) is 0 Å². The summed E-state index contributed by atoms with van der Waals surface area (Å²) in [6, 6.07) is 2.85. The van der Waals surface area contributed by atoms with Crippen molar-refractivity contribution in [3.8, 4) is 0 Å². The minimum absolute atomic E-state index is 0.0362. The number of nitrogens with one attached hydrogen (secondary N) is 1. The van der Waals surface area contributed by atoms with Crippen LogP contribution < -0.4 is 5.32 Å². The van der Waals surface area contributed by atoms with Crippen LogP contribution in [0.2, 0.25) is 0 Å². The van der Waals surface area contributed by atoms with Gasteiger partial charge in [0.25, 0.3) is 0 Å². The molecule has 0 saturated carbocycles. The molecule has 0 aliphatic carbocycles. The lowest BCUT2D eigenvalue weighted by molar-refractivity contribution is -0.172. The molecule has 2 aliphatic heterocycles. The van der Waals surface area contributed by atoms with Gasteiger partial charge in [0, 0.05) is 34.5 Å². The molecule has 0 radical (unpaired) electrons. The van der Waals surface area contributed by atoms with E-state index in [0.29, 0.717) is 12.1 Å². The molecule has 6 heteroatoms. The summed E-state index contributed by atoms with van der Waals surface area (Å²) < 4.78 is 12.7. The van der Waals surface area contributed by atoms with Gasteiger partial charge in [0.1, 0.15) is 12.2 Å². The molecule has 2 atom stereocenters. The predicted octanol–water partition coefficient (Wildman–Crippen LogP) is 3.70. The number of nitrogens with zero attached hydrogens (tertiary/aromatic N) is 1. The van der Waals surface area contributed by atoms with Gasteiger partial charge in [-0.3, -0.25) is 4.98 Å². The van der Waals surface area contributed by atoms with Gasteiger partial charge in [-0.25, -0.2) is 4.79 Å². The second-order valence-corrected chi connectivity index (χ2v) is 8.98. The average Bonchev–Trinajstić information content (AvgIpc) is 2.51. The van der Waals surface area contributed by atoms with Gasteiger partial charge in [-0.1, -0.05) is 6.42 Å².